The topological polar surface area (TPSA) is 94.4 Å². The van der Waals surface area contributed by atoms with Gasteiger partial charge in [0, 0.05) is 19.2 Å². The molecule has 1 aliphatic heterocycles. The molecule has 1 spiro atoms. The number of ether oxygens (including phenoxy) is 1. The number of anilines is 1. The maximum atomic E-state index is 13.4. The van der Waals surface area contributed by atoms with E-state index in [-0.39, 0.29) is 22.9 Å². The van der Waals surface area contributed by atoms with E-state index >= 15 is 0 Å². The highest BCUT2D eigenvalue weighted by molar-refractivity contribution is 5.95. The van der Waals surface area contributed by atoms with Gasteiger partial charge in [0.2, 0.25) is 5.82 Å². The van der Waals surface area contributed by atoms with Crippen molar-refractivity contribution >= 4 is 11.7 Å². The molecule has 1 aliphatic carbocycles. The third-order valence-corrected chi connectivity index (χ3v) is 6.89. The van der Waals surface area contributed by atoms with E-state index in [4.69, 9.17) is 10.00 Å². The SMILES string of the molecule is CN[C@]1(c2ccccc2)CC[C@@]2(CC1)CN(c1cnc(C#N)nc1)C(=O)N2CCOC. The molecule has 1 saturated carbocycles. The summed E-state index contributed by atoms with van der Waals surface area (Å²) in [5.41, 5.74) is 1.56. The van der Waals surface area contributed by atoms with Crippen LogP contribution in [0.25, 0.3) is 0 Å². The van der Waals surface area contributed by atoms with Crippen LogP contribution in [0.15, 0.2) is 42.7 Å². The van der Waals surface area contributed by atoms with Crippen LogP contribution in [0.5, 0.6) is 0 Å². The van der Waals surface area contributed by atoms with E-state index in [1.807, 2.05) is 24.1 Å². The number of hydrogen-bond acceptors (Lipinski definition) is 6. The first kappa shape index (κ1) is 21.2. The molecule has 1 saturated heterocycles. The van der Waals surface area contributed by atoms with Gasteiger partial charge >= 0.3 is 6.03 Å². The maximum absolute atomic E-state index is 13.4. The van der Waals surface area contributed by atoms with Crippen molar-refractivity contribution < 1.29 is 9.53 Å². The lowest BCUT2D eigenvalue weighted by Gasteiger charge is -2.48. The third-order valence-electron chi connectivity index (χ3n) is 6.89. The monoisotopic (exact) mass is 420 g/mol. The minimum Gasteiger partial charge on any atom is -0.383 e. The number of methoxy groups -OCH3 is 1. The van der Waals surface area contributed by atoms with Crippen molar-refractivity contribution in [1.82, 2.24) is 20.2 Å². The fourth-order valence-electron chi connectivity index (χ4n) is 5.04. The normalized spacial score (nSPS) is 25.8. The van der Waals surface area contributed by atoms with Gasteiger partial charge in [-0.3, -0.25) is 4.90 Å². The van der Waals surface area contributed by atoms with E-state index in [1.165, 1.54) is 5.56 Å². The number of nitriles is 1. The minimum absolute atomic E-state index is 0.0537. The van der Waals surface area contributed by atoms with Gasteiger partial charge in [-0.05, 0) is 38.3 Å². The molecule has 2 aromatic rings. The van der Waals surface area contributed by atoms with Crippen molar-refractivity contribution in [1.29, 1.82) is 5.26 Å². The molecular weight excluding hydrogens is 392 g/mol. The Morgan fingerprint density at radius 1 is 1.16 bits per heavy atom. The largest absolute Gasteiger partial charge is 0.383 e. The lowest BCUT2D eigenvalue weighted by molar-refractivity contribution is 0.0602. The quantitative estimate of drug-likeness (QED) is 0.772. The lowest BCUT2D eigenvalue weighted by atomic mass is 9.69. The molecule has 1 N–H and O–H groups in total. The molecule has 2 amide bonds. The van der Waals surface area contributed by atoms with E-state index < -0.39 is 0 Å². The number of rotatable bonds is 6. The Balaban J connectivity index is 1.61. The highest BCUT2D eigenvalue weighted by Gasteiger charge is 2.53. The number of carbonyl (C=O) groups excluding carboxylic acids is 1. The number of amides is 2. The smallest absolute Gasteiger partial charge is 0.325 e. The summed E-state index contributed by atoms with van der Waals surface area (Å²) in [4.78, 5) is 25.2. The number of urea groups is 1. The maximum Gasteiger partial charge on any atom is 0.325 e. The van der Waals surface area contributed by atoms with Gasteiger partial charge in [0.1, 0.15) is 6.07 Å². The number of nitrogens with zero attached hydrogens (tertiary/aromatic N) is 5. The van der Waals surface area contributed by atoms with Crippen molar-refractivity contribution in [2.45, 2.75) is 36.8 Å². The zero-order valence-electron chi connectivity index (χ0n) is 18.0. The predicted molar refractivity (Wildman–Crippen MR) is 116 cm³/mol. The van der Waals surface area contributed by atoms with Crippen LogP contribution >= 0.6 is 0 Å². The third kappa shape index (κ3) is 3.75. The summed E-state index contributed by atoms with van der Waals surface area (Å²) in [6.07, 6.45) is 6.74. The summed E-state index contributed by atoms with van der Waals surface area (Å²) in [6, 6.07) is 12.4. The lowest BCUT2D eigenvalue weighted by Crippen LogP contribution is -2.55. The molecule has 4 rings (SSSR count). The van der Waals surface area contributed by atoms with Crippen LogP contribution in [0.4, 0.5) is 10.5 Å². The number of aromatic nitrogens is 2. The Morgan fingerprint density at radius 3 is 2.42 bits per heavy atom. The van der Waals surface area contributed by atoms with Gasteiger partial charge in [-0.15, -0.1) is 0 Å². The number of hydrogen-bond donors (Lipinski definition) is 1. The highest BCUT2D eigenvalue weighted by atomic mass is 16.5. The summed E-state index contributed by atoms with van der Waals surface area (Å²) < 4.78 is 5.30. The molecule has 31 heavy (non-hydrogen) atoms. The zero-order chi connectivity index (χ0) is 21.9. The molecule has 1 aromatic heterocycles. The molecule has 1 aromatic carbocycles. The average Bonchev–Trinajstić information content (AvgIpc) is 3.10. The van der Waals surface area contributed by atoms with Crippen LogP contribution in [0, 0.1) is 11.3 Å². The second kappa shape index (κ2) is 8.61. The van der Waals surface area contributed by atoms with E-state index in [0.717, 1.165) is 25.7 Å². The summed E-state index contributed by atoms with van der Waals surface area (Å²) in [7, 11) is 3.68. The van der Waals surface area contributed by atoms with E-state index in [2.05, 4.69) is 39.6 Å². The Labute approximate surface area is 182 Å². The van der Waals surface area contributed by atoms with Gasteiger partial charge in [0.15, 0.2) is 0 Å². The molecule has 0 unspecified atom stereocenters. The molecule has 0 atom stereocenters. The average molecular weight is 421 g/mol. The molecule has 162 valence electrons. The van der Waals surface area contributed by atoms with Gasteiger partial charge in [-0.2, -0.15) is 5.26 Å². The summed E-state index contributed by atoms with van der Waals surface area (Å²) in [5.74, 6) is 0.0979. The fourth-order valence-corrected chi connectivity index (χ4v) is 5.04. The first-order valence-corrected chi connectivity index (χ1v) is 10.6. The molecule has 8 heteroatoms. The molecule has 0 radical (unpaired) electrons. The highest BCUT2D eigenvalue weighted by Crippen LogP contribution is 2.47. The Morgan fingerprint density at radius 2 is 1.84 bits per heavy atom. The van der Waals surface area contributed by atoms with Gasteiger partial charge < -0.3 is 15.0 Å². The van der Waals surface area contributed by atoms with Gasteiger partial charge in [0.25, 0.3) is 0 Å². The molecular formula is C23H28N6O2. The van der Waals surface area contributed by atoms with Gasteiger partial charge in [-0.1, -0.05) is 30.3 Å². The fraction of sp³-hybridized carbons (Fsp3) is 0.478. The van der Waals surface area contributed by atoms with E-state index in [0.29, 0.717) is 25.4 Å². The van der Waals surface area contributed by atoms with Crippen LogP contribution in [-0.2, 0) is 10.3 Å². The van der Waals surface area contributed by atoms with Gasteiger partial charge in [0.05, 0.1) is 36.8 Å². The van der Waals surface area contributed by atoms with Crippen molar-refractivity contribution in [3.05, 3.63) is 54.1 Å². The predicted octanol–water partition coefficient (Wildman–Crippen LogP) is 2.66. The molecule has 8 nitrogen and oxygen atoms in total. The Bertz CT molecular complexity index is 948. The Kier molecular flexibility index (Phi) is 5.90. The molecule has 2 fully saturated rings. The van der Waals surface area contributed by atoms with Crippen molar-refractivity contribution in [3.8, 4) is 6.07 Å². The number of nitrogens with one attached hydrogen (secondary N) is 1. The number of benzene rings is 1. The molecule has 0 bridgehead atoms. The van der Waals surface area contributed by atoms with E-state index in [1.54, 1.807) is 24.4 Å². The van der Waals surface area contributed by atoms with Crippen molar-refractivity contribution in [2.75, 3.05) is 38.8 Å². The number of carbonyl (C=O) groups is 1. The van der Waals surface area contributed by atoms with Crippen molar-refractivity contribution in [3.63, 3.8) is 0 Å². The van der Waals surface area contributed by atoms with Crippen LogP contribution in [0.1, 0.15) is 37.1 Å². The Hall–Kier alpha value is -3.02. The van der Waals surface area contributed by atoms with Crippen molar-refractivity contribution in [2.24, 2.45) is 0 Å². The summed E-state index contributed by atoms with van der Waals surface area (Å²) in [6.45, 7) is 1.61. The minimum atomic E-state index is -0.265. The van der Waals surface area contributed by atoms with Gasteiger partial charge in [-0.25, -0.2) is 14.8 Å². The van der Waals surface area contributed by atoms with Crippen LogP contribution in [-0.4, -0.2) is 60.3 Å². The van der Waals surface area contributed by atoms with Crippen LogP contribution < -0.4 is 10.2 Å². The zero-order valence-corrected chi connectivity index (χ0v) is 18.0. The van der Waals surface area contributed by atoms with E-state index in [9.17, 15) is 4.79 Å². The summed E-state index contributed by atoms with van der Waals surface area (Å²) in [5, 5.41) is 12.5. The molecule has 2 heterocycles. The van der Waals surface area contributed by atoms with Crippen LogP contribution in [0.3, 0.4) is 0 Å². The second-order valence-electron chi connectivity index (χ2n) is 8.31. The first-order valence-electron chi connectivity index (χ1n) is 10.6. The first-order chi connectivity index (χ1) is 15.1. The molecule has 2 aliphatic rings. The second-order valence-corrected chi connectivity index (χ2v) is 8.31. The van der Waals surface area contributed by atoms with Crippen LogP contribution in [0.2, 0.25) is 0 Å². The standard InChI is InChI=1S/C23H28N6O2/c1-25-23(18-6-4-3-5-7-18)10-8-22(9-11-23)17-28(21(30)29(22)12-13-31-2)19-15-26-20(14-24)27-16-19/h3-7,15-16,25H,8-13,17H2,1-2H3/t22-,23-. The summed E-state index contributed by atoms with van der Waals surface area (Å²) >= 11 is 0.